The van der Waals surface area contributed by atoms with E-state index in [-0.39, 0.29) is 12.5 Å². The predicted octanol–water partition coefficient (Wildman–Crippen LogP) is 2.46. The highest BCUT2D eigenvalue weighted by molar-refractivity contribution is 5.75. The van der Waals surface area contributed by atoms with Gasteiger partial charge in [-0.25, -0.2) is 0 Å². The maximum Gasteiger partial charge on any atom is 0.219 e. The Morgan fingerprint density at radius 2 is 2.00 bits per heavy atom. The lowest BCUT2D eigenvalue weighted by Crippen LogP contribution is -2.25. The molecular weight excluding hydrogens is 226 g/mol. The number of unbranched alkanes of at least 4 members (excludes halogenated alkanes) is 1. The van der Waals surface area contributed by atoms with Crippen molar-refractivity contribution in [1.29, 1.82) is 0 Å². The molecule has 1 aromatic rings. The van der Waals surface area contributed by atoms with Crippen molar-refractivity contribution in [3.8, 4) is 0 Å². The van der Waals surface area contributed by atoms with E-state index in [9.17, 15) is 4.79 Å². The number of nitrogens with one attached hydrogen (secondary N) is 1. The van der Waals surface area contributed by atoms with E-state index in [4.69, 9.17) is 5.11 Å². The number of benzene rings is 1. The smallest absolute Gasteiger partial charge is 0.219 e. The van der Waals surface area contributed by atoms with Crippen molar-refractivity contribution in [1.82, 2.24) is 5.32 Å². The largest absolute Gasteiger partial charge is 0.396 e. The average Bonchev–Trinajstić information content (AvgIpc) is 2.40. The van der Waals surface area contributed by atoms with Crippen molar-refractivity contribution in [3.63, 3.8) is 0 Å². The molecule has 3 nitrogen and oxygen atoms in total. The molecule has 0 aliphatic rings. The molecule has 1 atom stereocenters. The number of hydrogen-bond donors (Lipinski definition) is 2. The standard InChI is InChI=1S/C15H23NO2/c1-13(14-7-3-2-4-8-14)10-11-16-15(18)9-5-6-12-17/h2-4,7-8,13,17H,5-6,9-12H2,1H3,(H,16,18). The van der Waals surface area contributed by atoms with E-state index in [1.165, 1.54) is 5.56 Å². The van der Waals surface area contributed by atoms with Gasteiger partial charge < -0.3 is 10.4 Å². The van der Waals surface area contributed by atoms with Gasteiger partial charge in [-0.2, -0.15) is 0 Å². The third kappa shape index (κ3) is 5.82. The van der Waals surface area contributed by atoms with Gasteiger partial charge in [0, 0.05) is 19.6 Å². The highest BCUT2D eigenvalue weighted by atomic mass is 16.2. The molecule has 0 aliphatic carbocycles. The molecule has 0 bridgehead atoms. The summed E-state index contributed by atoms with van der Waals surface area (Å²) in [6.45, 7) is 3.06. The van der Waals surface area contributed by atoms with Gasteiger partial charge in [-0.1, -0.05) is 37.3 Å². The van der Waals surface area contributed by atoms with Crippen molar-refractivity contribution in [2.75, 3.05) is 13.2 Å². The summed E-state index contributed by atoms with van der Waals surface area (Å²) in [6, 6.07) is 10.3. The van der Waals surface area contributed by atoms with Gasteiger partial charge in [0.1, 0.15) is 0 Å². The lowest BCUT2D eigenvalue weighted by molar-refractivity contribution is -0.121. The number of aliphatic hydroxyl groups excluding tert-OH is 1. The Morgan fingerprint density at radius 1 is 1.28 bits per heavy atom. The molecule has 0 aromatic heterocycles. The number of carbonyl (C=O) groups excluding carboxylic acids is 1. The molecule has 0 saturated carbocycles. The first-order valence-electron chi connectivity index (χ1n) is 6.66. The van der Waals surface area contributed by atoms with Crippen molar-refractivity contribution in [2.45, 2.75) is 38.5 Å². The van der Waals surface area contributed by atoms with Crippen LogP contribution in [0.4, 0.5) is 0 Å². The van der Waals surface area contributed by atoms with Crippen molar-refractivity contribution in [3.05, 3.63) is 35.9 Å². The Kier molecular flexibility index (Phi) is 7.11. The second kappa shape index (κ2) is 8.70. The quantitative estimate of drug-likeness (QED) is 0.695. The van der Waals surface area contributed by atoms with Crippen LogP contribution in [-0.2, 0) is 4.79 Å². The summed E-state index contributed by atoms with van der Waals surface area (Å²) in [5, 5.41) is 11.5. The zero-order chi connectivity index (χ0) is 13.2. The van der Waals surface area contributed by atoms with Crippen LogP contribution >= 0.6 is 0 Å². The van der Waals surface area contributed by atoms with Crippen LogP contribution in [0, 0.1) is 0 Å². The van der Waals surface area contributed by atoms with Gasteiger partial charge in [0.05, 0.1) is 0 Å². The predicted molar refractivity (Wildman–Crippen MR) is 73.4 cm³/mol. The minimum absolute atomic E-state index is 0.0868. The normalized spacial score (nSPS) is 12.1. The monoisotopic (exact) mass is 249 g/mol. The van der Waals surface area contributed by atoms with E-state index in [1.54, 1.807) is 0 Å². The number of amides is 1. The minimum Gasteiger partial charge on any atom is -0.396 e. The van der Waals surface area contributed by atoms with Crippen molar-refractivity contribution < 1.29 is 9.90 Å². The summed E-state index contributed by atoms with van der Waals surface area (Å²) in [7, 11) is 0. The van der Waals surface area contributed by atoms with Crippen LogP contribution < -0.4 is 5.32 Å². The van der Waals surface area contributed by atoms with Crippen LogP contribution in [0.3, 0.4) is 0 Å². The Labute approximate surface area is 109 Å². The minimum atomic E-state index is 0.0868. The molecule has 0 radical (unpaired) electrons. The molecular formula is C15H23NO2. The zero-order valence-corrected chi connectivity index (χ0v) is 11.1. The highest BCUT2D eigenvalue weighted by Crippen LogP contribution is 2.17. The van der Waals surface area contributed by atoms with E-state index in [0.717, 1.165) is 12.8 Å². The number of hydrogen-bond acceptors (Lipinski definition) is 2. The fourth-order valence-corrected chi connectivity index (χ4v) is 1.86. The number of aliphatic hydroxyl groups is 1. The molecule has 0 fully saturated rings. The summed E-state index contributed by atoms with van der Waals surface area (Å²) in [5.41, 5.74) is 1.31. The van der Waals surface area contributed by atoms with E-state index < -0.39 is 0 Å². The summed E-state index contributed by atoms with van der Waals surface area (Å²) in [6.07, 6.45) is 2.93. The van der Waals surface area contributed by atoms with Crippen molar-refractivity contribution in [2.24, 2.45) is 0 Å². The molecule has 0 heterocycles. The number of carbonyl (C=O) groups is 1. The molecule has 1 rings (SSSR count). The summed E-state index contributed by atoms with van der Waals surface area (Å²) < 4.78 is 0. The maximum atomic E-state index is 11.4. The van der Waals surface area contributed by atoms with Gasteiger partial charge in [0.15, 0.2) is 0 Å². The van der Waals surface area contributed by atoms with Crippen LogP contribution in [0.2, 0.25) is 0 Å². The SMILES string of the molecule is CC(CCNC(=O)CCCCO)c1ccccc1. The third-order valence-electron chi connectivity index (χ3n) is 3.08. The van der Waals surface area contributed by atoms with Gasteiger partial charge in [0.25, 0.3) is 0 Å². The molecule has 1 aromatic carbocycles. The Hall–Kier alpha value is -1.35. The zero-order valence-electron chi connectivity index (χ0n) is 11.1. The van der Waals surface area contributed by atoms with E-state index >= 15 is 0 Å². The molecule has 18 heavy (non-hydrogen) atoms. The van der Waals surface area contributed by atoms with Gasteiger partial charge >= 0.3 is 0 Å². The lowest BCUT2D eigenvalue weighted by atomic mass is 9.98. The van der Waals surface area contributed by atoms with Crippen LogP contribution in [0.25, 0.3) is 0 Å². The van der Waals surface area contributed by atoms with Crippen LogP contribution in [0.5, 0.6) is 0 Å². The summed E-state index contributed by atoms with van der Waals surface area (Å²) in [4.78, 5) is 11.4. The van der Waals surface area contributed by atoms with Gasteiger partial charge in [0.2, 0.25) is 5.91 Å². The van der Waals surface area contributed by atoms with Gasteiger partial charge in [-0.3, -0.25) is 4.79 Å². The Bertz CT molecular complexity index is 338. The number of rotatable bonds is 8. The highest BCUT2D eigenvalue weighted by Gasteiger charge is 2.05. The van der Waals surface area contributed by atoms with E-state index in [1.807, 2.05) is 18.2 Å². The molecule has 0 spiro atoms. The van der Waals surface area contributed by atoms with Crippen LogP contribution in [0.1, 0.15) is 44.1 Å². The second-order valence-electron chi connectivity index (χ2n) is 4.63. The van der Waals surface area contributed by atoms with E-state index in [0.29, 0.717) is 25.3 Å². The van der Waals surface area contributed by atoms with Gasteiger partial charge in [-0.05, 0) is 30.7 Å². The van der Waals surface area contributed by atoms with E-state index in [2.05, 4.69) is 24.4 Å². The summed E-state index contributed by atoms with van der Waals surface area (Å²) in [5.74, 6) is 0.549. The second-order valence-corrected chi connectivity index (χ2v) is 4.63. The fourth-order valence-electron chi connectivity index (χ4n) is 1.86. The molecule has 3 heteroatoms. The molecule has 1 unspecified atom stereocenters. The van der Waals surface area contributed by atoms with Crippen molar-refractivity contribution >= 4 is 5.91 Å². The fraction of sp³-hybridized carbons (Fsp3) is 0.533. The first-order valence-corrected chi connectivity index (χ1v) is 6.66. The first kappa shape index (κ1) is 14.7. The van der Waals surface area contributed by atoms with Crippen LogP contribution in [0.15, 0.2) is 30.3 Å². The molecule has 100 valence electrons. The molecule has 2 N–H and O–H groups in total. The maximum absolute atomic E-state index is 11.4. The lowest BCUT2D eigenvalue weighted by Gasteiger charge is -2.12. The molecule has 0 aliphatic heterocycles. The summed E-state index contributed by atoms with van der Waals surface area (Å²) >= 11 is 0. The topological polar surface area (TPSA) is 49.3 Å². The molecule has 1 amide bonds. The third-order valence-corrected chi connectivity index (χ3v) is 3.08. The average molecular weight is 249 g/mol. The molecule has 0 saturated heterocycles. The van der Waals surface area contributed by atoms with Gasteiger partial charge in [-0.15, -0.1) is 0 Å². The van der Waals surface area contributed by atoms with Crippen LogP contribution in [-0.4, -0.2) is 24.2 Å². The first-order chi connectivity index (χ1) is 8.74. The Balaban J connectivity index is 2.16. The Morgan fingerprint density at radius 3 is 2.67 bits per heavy atom.